The second-order valence-corrected chi connectivity index (χ2v) is 7.07. The molecule has 0 fully saturated rings. The summed E-state index contributed by atoms with van der Waals surface area (Å²) in [5, 5.41) is 25.7. The molecule has 0 aliphatic carbocycles. The van der Waals surface area contributed by atoms with Gasteiger partial charge in [-0.15, -0.1) is 0 Å². The zero-order valence-corrected chi connectivity index (χ0v) is 18.1. The molecule has 5 N–H and O–H groups in total. The molecule has 0 saturated carbocycles. The third kappa shape index (κ3) is 9.92. The molecule has 11 nitrogen and oxygen atoms in total. The average Bonchev–Trinajstić information content (AvgIpc) is 2.72. The van der Waals surface area contributed by atoms with Crippen molar-refractivity contribution in [1.29, 1.82) is 0 Å². The van der Waals surface area contributed by atoms with Crippen LogP contribution in [-0.2, 0) is 19.1 Å². The molecule has 1 aromatic carbocycles. The average molecular weight is 451 g/mol. The third-order valence-corrected chi connectivity index (χ3v) is 4.34. The fraction of sp³-hybridized carbons (Fsp3) is 0.476. The Morgan fingerprint density at radius 3 is 2.16 bits per heavy atom. The Hall–Kier alpha value is -3.63. The Morgan fingerprint density at radius 1 is 0.969 bits per heavy atom. The van der Waals surface area contributed by atoms with Crippen molar-refractivity contribution in [2.75, 3.05) is 11.9 Å². The molecular formula is C21H29N3O8. The molecule has 11 heteroatoms. The highest BCUT2D eigenvalue weighted by Gasteiger charge is 2.25. The largest absolute Gasteiger partial charge is 0.480 e. The highest BCUT2D eigenvalue weighted by molar-refractivity contribution is 5.95. The zero-order chi connectivity index (χ0) is 24.1. The molecule has 1 aromatic rings. The lowest BCUT2D eigenvalue weighted by molar-refractivity contribution is -0.147. The number of hydrogen-bond donors (Lipinski definition) is 5. The predicted octanol–water partition coefficient (Wildman–Crippen LogP) is 1.98. The number of anilines is 1. The molecule has 0 spiro atoms. The van der Waals surface area contributed by atoms with Gasteiger partial charge in [-0.05, 0) is 49.9 Å². The molecule has 0 saturated heterocycles. The van der Waals surface area contributed by atoms with Gasteiger partial charge in [0.25, 0.3) is 5.91 Å². The number of unbranched alkanes of at least 4 members (excludes halogenated alkanes) is 1. The number of carboxylic acids is 2. The number of carboxylic acid groups (broad SMARTS) is 2. The maximum atomic E-state index is 12.1. The number of alkyl carbamates (subject to hydrolysis) is 1. The molecule has 0 bridgehead atoms. The highest BCUT2D eigenvalue weighted by Crippen LogP contribution is 2.10. The van der Waals surface area contributed by atoms with Crippen molar-refractivity contribution in [1.82, 2.24) is 10.6 Å². The van der Waals surface area contributed by atoms with Crippen molar-refractivity contribution in [3.63, 3.8) is 0 Å². The van der Waals surface area contributed by atoms with Crippen LogP contribution in [0.4, 0.5) is 10.5 Å². The van der Waals surface area contributed by atoms with Gasteiger partial charge in [-0.1, -0.05) is 13.3 Å². The van der Waals surface area contributed by atoms with Crippen LogP contribution in [0, 0.1) is 0 Å². The maximum Gasteiger partial charge on any atom is 0.408 e. The van der Waals surface area contributed by atoms with Gasteiger partial charge in [-0.25, -0.2) is 14.4 Å². The molecule has 0 radical (unpaired) electrons. The van der Waals surface area contributed by atoms with Crippen LogP contribution in [-0.4, -0.2) is 58.7 Å². The molecule has 1 rings (SSSR count). The number of carbonyl (C=O) groups excluding carboxylic acids is 3. The number of amides is 3. The van der Waals surface area contributed by atoms with E-state index in [4.69, 9.17) is 9.84 Å². The first-order valence-electron chi connectivity index (χ1n) is 10.2. The number of hydrogen-bond acceptors (Lipinski definition) is 6. The van der Waals surface area contributed by atoms with Gasteiger partial charge in [0.2, 0.25) is 12.0 Å². The van der Waals surface area contributed by atoms with E-state index >= 15 is 0 Å². The minimum absolute atomic E-state index is 0.00948. The Labute approximate surface area is 185 Å². The van der Waals surface area contributed by atoms with Crippen LogP contribution >= 0.6 is 0 Å². The van der Waals surface area contributed by atoms with E-state index in [9.17, 15) is 29.1 Å². The summed E-state index contributed by atoms with van der Waals surface area (Å²) in [5.41, 5.74) is 0.977. The lowest BCUT2D eigenvalue weighted by Gasteiger charge is -2.17. The number of nitrogens with one attached hydrogen (secondary N) is 3. The number of carbonyl (C=O) groups is 5. The van der Waals surface area contributed by atoms with Crippen LogP contribution in [0.2, 0.25) is 0 Å². The number of ether oxygens (including phenoxy) is 1. The summed E-state index contributed by atoms with van der Waals surface area (Å²) >= 11 is 0. The summed E-state index contributed by atoms with van der Waals surface area (Å²) in [5.74, 6) is -3.10. The number of rotatable bonds is 13. The van der Waals surface area contributed by atoms with Gasteiger partial charge in [0.1, 0.15) is 6.04 Å². The minimum atomic E-state index is -1.43. The predicted molar refractivity (Wildman–Crippen MR) is 114 cm³/mol. The van der Waals surface area contributed by atoms with E-state index in [1.807, 2.05) is 0 Å². The second-order valence-electron chi connectivity index (χ2n) is 7.07. The van der Waals surface area contributed by atoms with Crippen molar-refractivity contribution in [2.24, 2.45) is 0 Å². The highest BCUT2D eigenvalue weighted by atomic mass is 16.6. The van der Waals surface area contributed by atoms with Gasteiger partial charge in [-0.3, -0.25) is 9.59 Å². The lowest BCUT2D eigenvalue weighted by Crippen LogP contribution is -2.43. The van der Waals surface area contributed by atoms with Crippen LogP contribution < -0.4 is 16.0 Å². The molecule has 0 heterocycles. The molecule has 0 aliphatic rings. The number of aliphatic carboxylic acids is 2. The van der Waals surface area contributed by atoms with E-state index in [1.54, 1.807) is 31.2 Å². The molecule has 0 aliphatic heterocycles. The monoisotopic (exact) mass is 451 g/mol. The first kappa shape index (κ1) is 26.4. The van der Waals surface area contributed by atoms with E-state index < -0.39 is 30.2 Å². The summed E-state index contributed by atoms with van der Waals surface area (Å²) in [6.45, 7) is 3.41. The van der Waals surface area contributed by atoms with E-state index in [2.05, 4.69) is 16.0 Å². The Bertz CT molecular complexity index is 810. The van der Waals surface area contributed by atoms with Crippen LogP contribution in [0.1, 0.15) is 56.3 Å². The molecule has 3 amide bonds. The molecule has 32 heavy (non-hydrogen) atoms. The van der Waals surface area contributed by atoms with E-state index in [0.717, 1.165) is 0 Å². The van der Waals surface area contributed by atoms with E-state index in [1.165, 1.54) is 6.92 Å². The van der Waals surface area contributed by atoms with Crippen molar-refractivity contribution in [2.45, 2.75) is 58.1 Å². The van der Waals surface area contributed by atoms with Gasteiger partial charge in [0.05, 0.1) is 0 Å². The van der Waals surface area contributed by atoms with Gasteiger partial charge in [-0.2, -0.15) is 0 Å². The standard InChI is InChI=1S/C21H29N3O8/c1-3-6-16(19(27)28)24-21(31)32-17(20(29)30)7-4-5-12-22-18(26)14-8-10-15(11-9-14)23-13(2)25/h8-11,16-17H,3-7,12H2,1-2H3,(H,22,26)(H,23,25)(H,24,31)(H,27,28)(H,29,30)/t16-,17-/m0/s1. The maximum absolute atomic E-state index is 12.1. The zero-order valence-electron chi connectivity index (χ0n) is 18.1. The van der Waals surface area contributed by atoms with Gasteiger partial charge in [0.15, 0.2) is 0 Å². The molecule has 176 valence electrons. The molecule has 0 unspecified atom stereocenters. The topological polar surface area (TPSA) is 171 Å². The Balaban J connectivity index is 2.40. The fourth-order valence-corrected chi connectivity index (χ4v) is 2.75. The quantitative estimate of drug-likeness (QED) is 0.283. The third-order valence-electron chi connectivity index (χ3n) is 4.34. The van der Waals surface area contributed by atoms with Gasteiger partial charge >= 0.3 is 18.0 Å². The summed E-state index contributed by atoms with van der Waals surface area (Å²) in [6, 6.07) is 5.19. The second kappa shape index (κ2) is 13.6. The first-order chi connectivity index (χ1) is 15.1. The van der Waals surface area contributed by atoms with Crippen LogP contribution in [0.25, 0.3) is 0 Å². The molecule has 0 aromatic heterocycles. The number of benzene rings is 1. The van der Waals surface area contributed by atoms with E-state index in [-0.39, 0.29) is 31.2 Å². The van der Waals surface area contributed by atoms with Crippen molar-refractivity contribution in [3.05, 3.63) is 29.8 Å². The minimum Gasteiger partial charge on any atom is -0.480 e. The Kier molecular flexibility index (Phi) is 11.2. The van der Waals surface area contributed by atoms with Crippen LogP contribution in [0.15, 0.2) is 24.3 Å². The lowest BCUT2D eigenvalue weighted by atomic mass is 10.1. The van der Waals surface area contributed by atoms with Crippen molar-refractivity contribution >= 4 is 35.5 Å². The van der Waals surface area contributed by atoms with E-state index in [0.29, 0.717) is 30.5 Å². The SMILES string of the molecule is CCC[C@H](NC(=O)O[C@@H](CCCCNC(=O)c1ccc(NC(C)=O)cc1)C(=O)O)C(=O)O. The van der Waals surface area contributed by atoms with Gasteiger partial charge < -0.3 is 30.9 Å². The summed E-state index contributed by atoms with van der Waals surface area (Å²) < 4.78 is 4.84. The Morgan fingerprint density at radius 2 is 1.62 bits per heavy atom. The smallest absolute Gasteiger partial charge is 0.408 e. The normalized spacial score (nSPS) is 12.2. The summed E-state index contributed by atoms with van der Waals surface area (Å²) in [4.78, 5) is 57.3. The van der Waals surface area contributed by atoms with Crippen LogP contribution in [0.3, 0.4) is 0 Å². The summed E-state index contributed by atoms with van der Waals surface area (Å²) in [6.07, 6.45) is -1.02. The molecule has 2 atom stereocenters. The van der Waals surface area contributed by atoms with Gasteiger partial charge in [0, 0.05) is 24.7 Å². The first-order valence-corrected chi connectivity index (χ1v) is 10.2. The van der Waals surface area contributed by atoms with Crippen molar-refractivity contribution in [3.8, 4) is 0 Å². The molecular weight excluding hydrogens is 422 g/mol. The van der Waals surface area contributed by atoms with Crippen molar-refractivity contribution < 1.29 is 38.9 Å². The van der Waals surface area contributed by atoms with Crippen LogP contribution in [0.5, 0.6) is 0 Å². The fourth-order valence-electron chi connectivity index (χ4n) is 2.75. The summed E-state index contributed by atoms with van der Waals surface area (Å²) in [7, 11) is 0.